The fourth-order valence-corrected chi connectivity index (χ4v) is 1.95. The van der Waals surface area contributed by atoms with Crippen LogP contribution < -0.4 is 5.73 Å². The number of carbonyl (C=O) groups is 1. The number of unbranched alkanes of at least 4 members (excludes halogenated alkanes) is 1. The molecule has 1 amide bonds. The van der Waals surface area contributed by atoms with Crippen molar-refractivity contribution in [3.05, 3.63) is 41.6 Å². The highest BCUT2D eigenvalue weighted by molar-refractivity contribution is 5.95. The SMILES string of the molecule is CN(CCCCc1ccccc1)C(=O)c1nonc1N. The van der Waals surface area contributed by atoms with Crippen LogP contribution in [0, 0.1) is 0 Å². The van der Waals surface area contributed by atoms with Gasteiger partial charge in [0.15, 0.2) is 0 Å². The van der Waals surface area contributed by atoms with Crippen molar-refractivity contribution in [1.82, 2.24) is 15.2 Å². The Morgan fingerprint density at radius 3 is 2.65 bits per heavy atom. The zero-order chi connectivity index (χ0) is 14.4. The second-order valence-electron chi connectivity index (χ2n) is 4.67. The Labute approximate surface area is 117 Å². The van der Waals surface area contributed by atoms with Crippen molar-refractivity contribution in [3.63, 3.8) is 0 Å². The summed E-state index contributed by atoms with van der Waals surface area (Å²) in [6, 6.07) is 10.3. The molecule has 0 saturated heterocycles. The summed E-state index contributed by atoms with van der Waals surface area (Å²) >= 11 is 0. The van der Waals surface area contributed by atoms with E-state index >= 15 is 0 Å². The minimum Gasteiger partial charge on any atom is -0.379 e. The molecule has 0 unspecified atom stereocenters. The monoisotopic (exact) mass is 274 g/mol. The van der Waals surface area contributed by atoms with Crippen LogP contribution in [0.5, 0.6) is 0 Å². The van der Waals surface area contributed by atoms with Crippen LogP contribution in [0.4, 0.5) is 5.82 Å². The lowest BCUT2D eigenvalue weighted by Gasteiger charge is -2.15. The molecule has 1 aromatic carbocycles. The van der Waals surface area contributed by atoms with Crippen molar-refractivity contribution in [2.24, 2.45) is 0 Å². The quantitative estimate of drug-likeness (QED) is 0.811. The van der Waals surface area contributed by atoms with E-state index in [1.165, 1.54) is 5.56 Å². The van der Waals surface area contributed by atoms with Crippen LogP contribution in [0.2, 0.25) is 0 Å². The predicted molar refractivity (Wildman–Crippen MR) is 75.1 cm³/mol. The Kier molecular flexibility index (Phi) is 4.70. The Bertz CT molecular complexity index is 553. The fraction of sp³-hybridized carbons (Fsp3) is 0.357. The van der Waals surface area contributed by atoms with Gasteiger partial charge in [-0.3, -0.25) is 4.79 Å². The van der Waals surface area contributed by atoms with E-state index in [9.17, 15) is 4.79 Å². The van der Waals surface area contributed by atoms with E-state index in [0.29, 0.717) is 6.54 Å². The number of hydrogen-bond acceptors (Lipinski definition) is 5. The van der Waals surface area contributed by atoms with Gasteiger partial charge in [0.2, 0.25) is 11.5 Å². The van der Waals surface area contributed by atoms with E-state index in [1.54, 1.807) is 11.9 Å². The molecule has 1 aromatic heterocycles. The molecule has 6 heteroatoms. The van der Waals surface area contributed by atoms with E-state index in [2.05, 4.69) is 27.1 Å². The highest BCUT2D eigenvalue weighted by atomic mass is 16.6. The first-order valence-corrected chi connectivity index (χ1v) is 6.56. The second-order valence-corrected chi connectivity index (χ2v) is 4.67. The van der Waals surface area contributed by atoms with Crippen molar-refractivity contribution >= 4 is 11.7 Å². The lowest BCUT2D eigenvalue weighted by atomic mass is 10.1. The molecule has 2 aromatic rings. The molecule has 0 spiro atoms. The number of aromatic nitrogens is 2. The molecule has 0 aliphatic rings. The van der Waals surface area contributed by atoms with Crippen molar-refractivity contribution in [2.45, 2.75) is 19.3 Å². The van der Waals surface area contributed by atoms with Crippen molar-refractivity contribution in [1.29, 1.82) is 0 Å². The molecule has 1 heterocycles. The van der Waals surface area contributed by atoms with Crippen LogP contribution in [0.3, 0.4) is 0 Å². The predicted octanol–water partition coefficient (Wildman–Crippen LogP) is 1.75. The van der Waals surface area contributed by atoms with Crippen molar-refractivity contribution in [2.75, 3.05) is 19.3 Å². The number of benzene rings is 1. The van der Waals surface area contributed by atoms with Crippen molar-refractivity contribution < 1.29 is 9.42 Å². The Hall–Kier alpha value is -2.37. The molecule has 106 valence electrons. The largest absolute Gasteiger partial charge is 0.379 e. The van der Waals surface area contributed by atoms with Crippen LogP contribution in [0.15, 0.2) is 35.0 Å². The highest BCUT2D eigenvalue weighted by Crippen LogP contribution is 2.09. The first kappa shape index (κ1) is 14.0. The molecule has 0 radical (unpaired) electrons. The Morgan fingerprint density at radius 2 is 2.00 bits per heavy atom. The van der Waals surface area contributed by atoms with Gasteiger partial charge in [0.1, 0.15) is 0 Å². The smallest absolute Gasteiger partial charge is 0.279 e. The topological polar surface area (TPSA) is 85.2 Å². The summed E-state index contributed by atoms with van der Waals surface area (Å²) in [5.74, 6) is -0.227. The van der Waals surface area contributed by atoms with Gasteiger partial charge in [-0.05, 0) is 35.1 Å². The third kappa shape index (κ3) is 3.57. The number of amides is 1. The maximum Gasteiger partial charge on any atom is 0.279 e. The summed E-state index contributed by atoms with van der Waals surface area (Å²) < 4.78 is 4.43. The average molecular weight is 274 g/mol. The molecule has 2 N–H and O–H groups in total. The minimum absolute atomic E-state index is 0.0335. The zero-order valence-corrected chi connectivity index (χ0v) is 11.5. The summed E-state index contributed by atoms with van der Waals surface area (Å²) in [6.45, 7) is 0.651. The normalized spacial score (nSPS) is 10.4. The first-order valence-electron chi connectivity index (χ1n) is 6.56. The number of hydrogen-bond donors (Lipinski definition) is 1. The van der Waals surface area contributed by atoms with Gasteiger partial charge >= 0.3 is 0 Å². The first-order chi connectivity index (χ1) is 9.68. The van der Waals surface area contributed by atoms with E-state index in [0.717, 1.165) is 19.3 Å². The number of rotatable bonds is 6. The number of nitrogens with zero attached hydrogens (tertiary/aromatic N) is 3. The Balaban J connectivity index is 1.74. The van der Waals surface area contributed by atoms with Gasteiger partial charge < -0.3 is 10.6 Å². The molecule has 6 nitrogen and oxygen atoms in total. The molecular weight excluding hydrogens is 256 g/mol. The molecule has 0 atom stereocenters. The van der Waals surface area contributed by atoms with Gasteiger partial charge in [0.25, 0.3) is 5.91 Å². The lowest BCUT2D eigenvalue weighted by molar-refractivity contribution is 0.0782. The van der Waals surface area contributed by atoms with Crippen LogP contribution in [0.1, 0.15) is 28.9 Å². The molecule has 2 rings (SSSR count). The third-order valence-electron chi connectivity index (χ3n) is 3.11. The van der Waals surface area contributed by atoms with Crippen molar-refractivity contribution in [3.8, 4) is 0 Å². The summed E-state index contributed by atoms with van der Waals surface area (Å²) in [4.78, 5) is 13.6. The van der Waals surface area contributed by atoms with Gasteiger partial charge in [-0.2, -0.15) is 0 Å². The molecule has 0 aliphatic heterocycles. The number of carbonyl (C=O) groups excluding carboxylic acids is 1. The van der Waals surface area contributed by atoms with Gasteiger partial charge in [0.05, 0.1) is 0 Å². The van der Waals surface area contributed by atoms with E-state index in [1.807, 2.05) is 18.2 Å². The second kappa shape index (κ2) is 6.70. The maximum atomic E-state index is 12.0. The molecule has 0 bridgehead atoms. The van der Waals surface area contributed by atoms with E-state index < -0.39 is 0 Å². The van der Waals surface area contributed by atoms with E-state index in [-0.39, 0.29) is 17.4 Å². The number of nitrogen functional groups attached to an aromatic ring is 1. The zero-order valence-electron chi connectivity index (χ0n) is 11.5. The van der Waals surface area contributed by atoms with Gasteiger partial charge in [-0.15, -0.1) is 0 Å². The molecule has 0 aliphatic carbocycles. The van der Waals surface area contributed by atoms with E-state index in [4.69, 9.17) is 5.73 Å². The number of nitrogens with two attached hydrogens (primary N) is 1. The van der Waals surface area contributed by atoms with Crippen LogP contribution in [-0.4, -0.2) is 34.7 Å². The van der Waals surface area contributed by atoms with Gasteiger partial charge in [0, 0.05) is 13.6 Å². The van der Waals surface area contributed by atoms with Gasteiger partial charge in [-0.1, -0.05) is 30.3 Å². The Morgan fingerprint density at radius 1 is 1.25 bits per heavy atom. The molecular formula is C14H18N4O2. The van der Waals surface area contributed by atoms with Gasteiger partial charge in [-0.25, -0.2) is 4.63 Å². The van der Waals surface area contributed by atoms with Crippen LogP contribution in [0.25, 0.3) is 0 Å². The lowest BCUT2D eigenvalue weighted by Crippen LogP contribution is -2.28. The maximum absolute atomic E-state index is 12.0. The summed E-state index contributed by atoms with van der Waals surface area (Å²) in [7, 11) is 1.72. The summed E-state index contributed by atoms with van der Waals surface area (Å²) in [6.07, 6.45) is 2.95. The van der Waals surface area contributed by atoms with Crippen LogP contribution in [-0.2, 0) is 6.42 Å². The summed E-state index contributed by atoms with van der Waals surface area (Å²) in [5.41, 5.74) is 6.89. The number of aryl methyl sites for hydroxylation is 1. The summed E-state index contributed by atoms with van der Waals surface area (Å²) in [5, 5.41) is 6.91. The van der Waals surface area contributed by atoms with Crippen LogP contribution >= 0.6 is 0 Å². The minimum atomic E-state index is -0.261. The molecule has 0 fully saturated rings. The highest BCUT2D eigenvalue weighted by Gasteiger charge is 2.19. The molecule has 20 heavy (non-hydrogen) atoms. The average Bonchev–Trinajstić information content (AvgIpc) is 2.90. The number of anilines is 1. The fourth-order valence-electron chi connectivity index (χ4n) is 1.95. The molecule has 0 saturated carbocycles. The standard InChI is InChI=1S/C14H18N4O2/c1-18(14(19)12-13(15)17-20-16-12)10-6-5-9-11-7-3-2-4-8-11/h2-4,7-8H,5-6,9-10H2,1H3,(H2,15,17). The third-order valence-corrected chi connectivity index (χ3v) is 3.11.